The first-order valence-electron chi connectivity index (χ1n) is 36.4. The molecular weight excluding hydrogens is 1730 g/mol. The van der Waals surface area contributed by atoms with Gasteiger partial charge < -0.3 is 20.3 Å². The number of fused-ring (bicyclic) bond motifs is 6. The van der Waals surface area contributed by atoms with Crippen LogP contribution in [0.25, 0.3) is 96.0 Å². The molecule has 2 unspecified atom stereocenters. The summed E-state index contributed by atoms with van der Waals surface area (Å²) < 4.78 is 30.3. The number of anilines is 5. The number of thiophene rings is 2. The van der Waals surface area contributed by atoms with Gasteiger partial charge in [-0.05, 0) is 231 Å². The molecule has 117 heavy (non-hydrogen) atoms. The monoisotopic (exact) mass is 1810 g/mol. The second kappa shape index (κ2) is 42.9. The summed E-state index contributed by atoms with van der Waals surface area (Å²) in [6, 6.07) is 130. The molecule has 2 atom stereocenters. The predicted molar refractivity (Wildman–Crippen MR) is 519 cm³/mol. The number of para-hydroxylation sites is 4. The average Bonchev–Trinajstić information content (AvgIpc) is 1.65. The Labute approximate surface area is 735 Å². The number of rotatable bonds is 13. The van der Waals surface area contributed by atoms with Crippen LogP contribution in [0.3, 0.4) is 0 Å². The van der Waals surface area contributed by atoms with Gasteiger partial charge in [0.25, 0.3) is 0 Å². The molecule has 0 fully saturated rings. The third-order valence-corrected chi connectivity index (χ3v) is 24.6. The van der Waals surface area contributed by atoms with E-state index in [1.165, 1.54) is 63.3 Å². The van der Waals surface area contributed by atoms with Gasteiger partial charge in [0.1, 0.15) is 0 Å². The van der Waals surface area contributed by atoms with Crippen LogP contribution in [0.2, 0.25) is 20.1 Å². The molecule has 0 amide bonds. The van der Waals surface area contributed by atoms with Crippen LogP contribution in [-0.4, -0.2) is 38.1 Å². The van der Waals surface area contributed by atoms with E-state index in [0.29, 0.717) is 10.4 Å². The second-order valence-corrected chi connectivity index (χ2v) is 34.7. The van der Waals surface area contributed by atoms with Crippen LogP contribution in [0.15, 0.2) is 407 Å². The van der Waals surface area contributed by atoms with Crippen LogP contribution in [0.1, 0.15) is 14.9 Å². The highest BCUT2D eigenvalue weighted by Gasteiger charge is 2.19. The number of halogens is 6. The molecule has 18 aromatic rings. The van der Waals surface area contributed by atoms with Gasteiger partial charge in [0.05, 0.1) is 10.8 Å². The smallest absolute Gasteiger partial charge is 0.423 e. The zero-order chi connectivity index (χ0) is 80.2. The highest BCUT2D eigenvalue weighted by molar-refractivity contribution is 9.10. The molecular formula is C100H81BBr2Cl4N2O4S4. The third-order valence-electron chi connectivity index (χ3n) is 18.4. The fraction of sp³-hybridized carbons (Fsp3) is 0.0400. The molecule has 0 saturated heterocycles. The van der Waals surface area contributed by atoms with E-state index in [9.17, 15) is 8.42 Å². The van der Waals surface area contributed by atoms with Gasteiger partial charge in [-0.2, -0.15) is 0 Å². The minimum Gasteiger partial charge on any atom is -0.423 e. The Balaban J connectivity index is 0.000000143. The largest absolute Gasteiger partial charge is 0.489 e. The summed E-state index contributed by atoms with van der Waals surface area (Å²) in [5.41, 5.74) is 17.3. The van der Waals surface area contributed by atoms with Gasteiger partial charge >= 0.3 is 7.12 Å². The number of nitrogens with zero attached hydrogens (tertiary/aromatic N) is 1. The molecule has 0 aliphatic rings. The molecule has 0 radical (unpaired) electrons. The van der Waals surface area contributed by atoms with Crippen molar-refractivity contribution in [2.75, 3.05) is 22.7 Å². The van der Waals surface area contributed by atoms with Crippen molar-refractivity contribution in [1.29, 1.82) is 0 Å². The highest BCUT2D eigenvalue weighted by Crippen LogP contribution is 2.43. The summed E-state index contributed by atoms with van der Waals surface area (Å²) >= 11 is 34.9. The van der Waals surface area contributed by atoms with E-state index in [4.69, 9.17) is 56.5 Å². The quantitative estimate of drug-likeness (QED) is 0.0997. The van der Waals surface area contributed by atoms with Gasteiger partial charge in [0.2, 0.25) is 0 Å². The van der Waals surface area contributed by atoms with Gasteiger partial charge in [-0.3, -0.25) is 8.42 Å². The van der Waals surface area contributed by atoms with Crippen molar-refractivity contribution in [2.45, 2.75) is 24.6 Å². The maximum atomic E-state index is 11.9. The Morgan fingerprint density at radius 2 is 0.658 bits per heavy atom. The molecule has 0 bridgehead atoms. The van der Waals surface area contributed by atoms with Crippen molar-refractivity contribution in [3.63, 3.8) is 0 Å². The van der Waals surface area contributed by atoms with Gasteiger partial charge in [-0.25, -0.2) is 0 Å². The molecule has 0 spiro atoms. The van der Waals surface area contributed by atoms with Crippen molar-refractivity contribution in [3.05, 3.63) is 417 Å². The minimum absolute atomic E-state index is 0. The molecule has 3 N–H and O–H groups in total. The molecule has 17 heteroatoms. The SMILES string of the molecule is C.C.CS(=O)c1ccccc1-c1ccc(-c2cccc(Cl)c2)cc1.CS(=O)c1ccccc1B(O)O.Clc1cccc(-c2ccc(Br)cc2)c1.Clc1cccc(-c2ccc3c(c2)sc2ccc(Br)cc23)c1.Clc1cccc(-c2ccc3c(c2)sc2ccc(N(c4ccccc4)c4ccccc4)cc23)c1.c1ccc(Nc2ccccc2)cc1. The van der Waals surface area contributed by atoms with E-state index in [-0.39, 0.29) is 14.9 Å². The number of benzene rings is 16. The highest BCUT2D eigenvalue weighted by atomic mass is 79.9. The van der Waals surface area contributed by atoms with E-state index in [1.807, 2.05) is 199 Å². The zero-order valence-electron chi connectivity index (χ0n) is 62.1. The van der Waals surface area contributed by atoms with E-state index in [0.717, 1.165) is 101 Å². The Morgan fingerprint density at radius 3 is 1.09 bits per heavy atom. The van der Waals surface area contributed by atoms with E-state index in [1.54, 1.807) is 30.5 Å². The summed E-state index contributed by atoms with van der Waals surface area (Å²) in [4.78, 5) is 3.63. The fourth-order valence-corrected chi connectivity index (χ4v) is 18.1. The first-order chi connectivity index (χ1) is 55.9. The molecule has 0 aliphatic heterocycles. The first kappa shape index (κ1) is 87.8. The fourth-order valence-electron chi connectivity index (χ4n) is 12.9. The molecule has 2 heterocycles. The Hall–Kier alpha value is -10.0. The van der Waals surface area contributed by atoms with Gasteiger partial charge in [0.15, 0.2) is 0 Å². The lowest BCUT2D eigenvalue weighted by molar-refractivity contribution is 0.425. The van der Waals surface area contributed by atoms with Gasteiger partial charge in [-0.1, -0.05) is 312 Å². The lowest BCUT2D eigenvalue weighted by Crippen LogP contribution is -2.32. The van der Waals surface area contributed by atoms with Crippen LogP contribution in [0.5, 0.6) is 0 Å². The van der Waals surface area contributed by atoms with Crippen molar-refractivity contribution in [2.24, 2.45) is 0 Å². The molecule has 18 rings (SSSR count). The number of hydrogen-bond acceptors (Lipinski definition) is 8. The van der Waals surface area contributed by atoms with Gasteiger partial charge in [0, 0.05) is 131 Å². The normalized spacial score (nSPS) is 11.0. The van der Waals surface area contributed by atoms with Crippen molar-refractivity contribution in [1.82, 2.24) is 0 Å². The average molecular weight is 1820 g/mol. The van der Waals surface area contributed by atoms with Gasteiger partial charge in [-0.15, -0.1) is 22.7 Å². The lowest BCUT2D eigenvalue weighted by atomic mass is 9.80. The summed E-state index contributed by atoms with van der Waals surface area (Å²) in [5, 5.41) is 29.3. The lowest BCUT2D eigenvalue weighted by Gasteiger charge is -2.25. The molecule has 584 valence electrons. The summed E-state index contributed by atoms with van der Waals surface area (Å²) in [5.74, 6) is 0. The molecule has 0 saturated carbocycles. The standard InChI is InChI=1S/C30H20ClNS.C19H15ClOS.C18H10BrClS.C12H8BrCl.C12H11N.C7H9BO3S.2CH4/c31-23-9-7-8-21(18-23)22-14-16-27-28-20-26(15-17-29(28)33-30(27)19-22)32(24-10-3-1-4-11-24)25-12-5-2-6-13-25;1-22(21)19-8-3-2-7-18(19)15-11-9-14(10-12-15)16-5-4-6-17(20)13-16;19-13-5-7-17-16(10-13)15-6-4-12(9-18(15)21-17)11-2-1-3-14(20)8-11;13-11-6-4-9(5-7-11)10-2-1-3-12(14)8-10;1-3-7-11(8-4-1)13-12-9-5-2-6-10-12;1-12(11)7-5-3-2-4-6(7)8(9)10;;/h1-20H;2-13H,1H3;1-10H;1-8H;1-10,13H;2-5,9-10H,1H3;2*1H4. The Bertz CT molecular complexity index is 6270. The Kier molecular flexibility index (Phi) is 32.2. The summed E-state index contributed by atoms with van der Waals surface area (Å²) in [7, 11) is -3.73. The maximum absolute atomic E-state index is 11.9. The summed E-state index contributed by atoms with van der Waals surface area (Å²) in [6.45, 7) is 0. The third kappa shape index (κ3) is 23.7. The van der Waals surface area contributed by atoms with Crippen LogP contribution in [0.4, 0.5) is 28.4 Å². The molecule has 0 aliphatic carbocycles. The summed E-state index contributed by atoms with van der Waals surface area (Å²) in [6.07, 6.45) is 3.21. The van der Waals surface area contributed by atoms with E-state index in [2.05, 4.69) is 230 Å². The Morgan fingerprint density at radius 1 is 0.308 bits per heavy atom. The number of hydrogen-bond donors (Lipinski definition) is 3. The van der Waals surface area contributed by atoms with E-state index >= 15 is 0 Å². The topological polar surface area (TPSA) is 89.9 Å². The van der Waals surface area contributed by atoms with Crippen LogP contribution in [-0.2, 0) is 21.6 Å². The second-order valence-electron chi connectivity index (χ2n) is 26.3. The number of nitrogens with one attached hydrogen (secondary N) is 1. The zero-order valence-corrected chi connectivity index (χ0v) is 71.5. The van der Waals surface area contributed by atoms with Crippen molar-refractivity contribution < 1.29 is 18.5 Å². The van der Waals surface area contributed by atoms with Crippen LogP contribution in [0, 0.1) is 0 Å². The molecule has 16 aromatic carbocycles. The van der Waals surface area contributed by atoms with Crippen LogP contribution >= 0.6 is 101 Å². The first-order valence-corrected chi connectivity index (χ1v) is 44.3. The van der Waals surface area contributed by atoms with Crippen molar-refractivity contribution >= 4 is 204 Å². The predicted octanol–water partition coefficient (Wildman–Crippen LogP) is 31.0. The van der Waals surface area contributed by atoms with Crippen LogP contribution < -0.4 is 15.7 Å². The van der Waals surface area contributed by atoms with Crippen molar-refractivity contribution in [3.8, 4) is 55.6 Å². The maximum Gasteiger partial charge on any atom is 0.489 e. The molecule has 2 aromatic heterocycles. The van der Waals surface area contributed by atoms with E-state index < -0.39 is 28.7 Å². The minimum atomic E-state index is -1.55. The molecule has 6 nitrogen and oxygen atoms in total.